The molecule has 1 aliphatic heterocycles. The Labute approximate surface area is 113 Å². The van der Waals surface area contributed by atoms with E-state index in [4.69, 9.17) is 10.2 Å². The molecule has 1 aromatic heterocycles. The largest absolute Gasteiger partial charge is 0.423 e. The summed E-state index contributed by atoms with van der Waals surface area (Å²) in [6.07, 6.45) is 2.65. The Morgan fingerprint density at radius 1 is 1.37 bits per heavy atom. The third-order valence-corrected chi connectivity index (χ3v) is 3.68. The van der Waals surface area contributed by atoms with E-state index in [2.05, 4.69) is 14.8 Å². The van der Waals surface area contributed by atoms with E-state index in [0.717, 1.165) is 24.2 Å². The van der Waals surface area contributed by atoms with Gasteiger partial charge in [-0.1, -0.05) is 0 Å². The highest BCUT2D eigenvalue weighted by Gasteiger charge is 2.14. The predicted octanol–water partition coefficient (Wildman–Crippen LogP) is 1.94. The van der Waals surface area contributed by atoms with Crippen LogP contribution in [0.1, 0.15) is 12.8 Å². The van der Waals surface area contributed by atoms with E-state index in [0.29, 0.717) is 11.7 Å². The van der Waals surface area contributed by atoms with Crippen molar-refractivity contribution in [2.75, 3.05) is 43.9 Å². The second kappa shape index (κ2) is 5.09. The number of likely N-dealkylation sites (tertiary alicyclic amines) is 1. The van der Waals surface area contributed by atoms with Crippen molar-refractivity contribution in [2.45, 2.75) is 12.8 Å². The van der Waals surface area contributed by atoms with Crippen molar-refractivity contribution in [1.29, 1.82) is 0 Å². The van der Waals surface area contributed by atoms with Gasteiger partial charge in [-0.05, 0) is 38.1 Å². The molecule has 5 heteroatoms. The van der Waals surface area contributed by atoms with Crippen LogP contribution in [0.15, 0.2) is 22.6 Å². The fourth-order valence-electron chi connectivity index (χ4n) is 2.49. The normalized spacial score (nSPS) is 16.3. The summed E-state index contributed by atoms with van der Waals surface area (Å²) in [5, 5.41) is 0. The van der Waals surface area contributed by atoms with E-state index in [1.807, 2.05) is 25.2 Å². The van der Waals surface area contributed by atoms with Gasteiger partial charge in [-0.2, -0.15) is 4.98 Å². The fraction of sp³-hybridized carbons (Fsp3) is 0.500. The SMILES string of the molecule is CN(CCN1CCCC1)c1nc2ccc(N)cc2o1. The molecule has 19 heavy (non-hydrogen) atoms. The van der Waals surface area contributed by atoms with Gasteiger partial charge in [0.1, 0.15) is 5.52 Å². The lowest BCUT2D eigenvalue weighted by molar-refractivity contribution is 0.344. The summed E-state index contributed by atoms with van der Waals surface area (Å²) in [6, 6.07) is 6.23. The van der Waals surface area contributed by atoms with Crippen LogP contribution in [0.3, 0.4) is 0 Å². The number of fused-ring (bicyclic) bond motifs is 1. The van der Waals surface area contributed by atoms with Crippen molar-refractivity contribution in [2.24, 2.45) is 0 Å². The number of likely N-dealkylation sites (N-methyl/N-ethyl adjacent to an activating group) is 1. The number of anilines is 2. The molecule has 0 spiro atoms. The molecule has 5 nitrogen and oxygen atoms in total. The zero-order valence-corrected chi connectivity index (χ0v) is 11.3. The molecule has 0 radical (unpaired) electrons. The molecule has 1 saturated heterocycles. The maximum atomic E-state index is 5.74. The van der Waals surface area contributed by atoms with Crippen LogP contribution < -0.4 is 10.6 Å². The average Bonchev–Trinajstić information content (AvgIpc) is 3.04. The van der Waals surface area contributed by atoms with E-state index in [1.165, 1.54) is 25.9 Å². The molecule has 0 unspecified atom stereocenters. The Hall–Kier alpha value is -1.75. The third-order valence-electron chi connectivity index (χ3n) is 3.68. The summed E-state index contributed by atoms with van der Waals surface area (Å²) in [7, 11) is 2.02. The number of nitrogens with two attached hydrogens (primary N) is 1. The highest BCUT2D eigenvalue weighted by molar-refractivity contribution is 5.78. The minimum atomic E-state index is 0.666. The highest BCUT2D eigenvalue weighted by Crippen LogP contribution is 2.23. The first-order valence-electron chi connectivity index (χ1n) is 6.82. The lowest BCUT2D eigenvalue weighted by Crippen LogP contribution is -2.31. The van der Waals surface area contributed by atoms with Crippen LogP contribution in [0, 0.1) is 0 Å². The summed E-state index contributed by atoms with van der Waals surface area (Å²) in [5.74, 6) is 0. The predicted molar refractivity (Wildman–Crippen MR) is 77.4 cm³/mol. The molecule has 2 aromatic rings. The standard InChI is InChI=1S/C14H20N4O/c1-17(8-9-18-6-2-3-7-18)14-16-12-5-4-11(15)10-13(12)19-14/h4-5,10H,2-3,6-9,15H2,1H3. The van der Waals surface area contributed by atoms with Gasteiger partial charge in [-0.15, -0.1) is 0 Å². The van der Waals surface area contributed by atoms with Gasteiger partial charge in [0.05, 0.1) is 0 Å². The molecule has 2 N–H and O–H groups in total. The van der Waals surface area contributed by atoms with Gasteiger partial charge in [0.25, 0.3) is 6.01 Å². The van der Waals surface area contributed by atoms with E-state index in [9.17, 15) is 0 Å². The molecule has 102 valence electrons. The van der Waals surface area contributed by atoms with Crippen molar-refractivity contribution in [3.8, 4) is 0 Å². The molecule has 0 saturated carbocycles. The zero-order chi connectivity index (χ0) is 13.2. The molecule has 3 rings (SSSR count). The number of benzene rings is 1. The van der Waals surface area contributed by atoms with Gasteiger partial charge in [0.15, 0.2) is 5.58 Å². The Balaban J connectivity index is 1.68. The summed E-state index contributed by atoms with van der Waals surface area (Å²) >= 11 is 0. The molecule has 1 aliphatic rings. The topological polar surface area (TPSA) is 58.5 Å². The third kappa shape index (κ3) is 2.66. The molecule has 0 amide bonds. The Kier molecular flexibility index (Phi) is 3.29. The van der Waals surface area contributed by atoms with E-state index in [-0.39, 0.29) is 0 Å². The number of oxazole rings is 1. The van der Waals surface area contributed by atoms with Gasteiger partial charge >= 0.3 is 0 Å². The smallest absolute Gasteiger partial charge is 0.298 e. The Morgan fingerprint density at radius 3 is 2.95 bits per heavy atom. The number of nitrogen functional groups attached to an aromatic ring is 1. The first kappa shape index (κ1) is 12.3. The molecule has 2 heterocycles. The van der Waals surface area contributed by atoms with Crippen molar-refractivity contribution >= 4 is 22.8 Å². The molecule has 0 bridgehead atoms. The molecule has 1 fully saturated rings. The van der Waals surface area contributed by atoms with Crippen molar-refractivity contribution < 1.29 is 4.42 Å². The van der Waals surface area contributed by atoms with E-state index < -0.39 is 0 Å². The first-order valence-corrected chi connectivity index (χ1v) is 6.82. The highest BCUT2D eigenvalue weighted by atomic mass is 16.4. The van der Waals surface area contributed by atoms with Gasteiger partial charge in [-0.3, -0.25) is 0 Å². The minimum Gasteiger partial charge on any atom is -0.423 e. The van der Waals surface area contributed by atoms with Crippen LogP contribution in [0.25, 0.3) is 11.1 Å². The van der Waals surface area contributed by atoms with Gasteiger partial charge in [0.2, 0.25) is 0 Å². The average molecular weight is 260 g/mol. The van der Waals surface area contributed by atoms with Crippen LogP contribution in [-0.2, 0) is 0 Å². The fourth-order valence-corrected chi connectivity index (χ4v) is 2.49. The van der Waals surface area contributed by atoms with Gasteiger partial charge in [0, 0.05) is 31.9 Å². The maximum Gasteiger partial charge on any atom is 0.298 e. The van der Waals surface area contributed by atoms with E-state index in [1.54, 1.807) is 0 Å². The van der Waals surface area contributed by atoms with Crippen LogP contribution in [0.5, 0.6) is 0 Å². The quantitative estimate of drug-likeness (QED) is 0.851. The van der Waals surface area contributed by atoms with Crippen LogP contribution in [0.2, 0.25) is 0 Å². The molecular formula is C14H20N4O. The minimum absolute atomic E-state index is 0.666. The van der Waals surface area contributed by atoms with Crippen molar-refractivity contribution in [3.05, 3.63) is 18.2 Å². The number of hydrogen-bond donors (Lipinski definition) is 1. The maximum absolute atomic E-state index is 5.74. The summed E-state index contributed by atoms with van der Waals surface area (Å²) in [5.41, 5.74) is 8.06. The number of hydrogen-bond acceptors (Lipinski definition) is 5. The monoisotopic (exact) mass is 260 g/mol. The molecular weight excluding hydrogens is 240 g/mol. The van der Waals surface area contributed by atoms with Crippen LogP contribution in [0.4, 0.5) is 11.7 Å². The second-order valence-electron chi connectivity index (χ2n) is 5.19. The Bertz CT molecular complexity index is 560. The lowest BCUT2D eigenvalue weighted by Gasteiger charge is -2.19. The first-order chi connectivity index (χ1) is 9.22. The lowest BCUT2D eigenvalue weighted by atomic mass is 10.3. The molecule has 1 aromatic carbocycles. The number of nitrogens with zero attached hydrogens (tertiary/aromatic N) is 3. The molecule has 0 atom stereocenters. The summed E-state index contributed by atoms with van der Waals surface area (Å²) in [6.45, 7) is 4.44. The van der Waals surface area contributed by atoms with Crippen molar-refractivity contribution in [1.82, 2.24) is 9.88 Å². The number of rotatable bonds is 4. The van der Waals surface area contributed by atoms with E-state index >= 15 is 0 Å². The summed E-state index contributed by atoms with van der Waals surface area (Å²) in [4.78, 5) is 9.03. The van der Waals surface area contributed by atoms with Crippen molar-refractivity contribution in [3.63, 3.8) is 0 Å². The van der Waals surface area contributed by atoms with Gasteiger partial charge in [-0.25, -0.2) is 0 Å². The van der Waals surface area contributed by atoms with Crippen LogP contribution >= 0.6 is 0 Å². The zero-order valence-electron chi connectivity index (χ0n) is 11.3. The second-order valence-corrected chi connectivity index (χ2v) is 5.19. The van der Waals surface area contributed by atoms with Crippen LogP contribution in [-0.4, -0.2) is 43.1 Å². The molecule has 0 aliphatic carbocycles. The number of aromatic nitrogens is 1. The van der Waals surface area contributed by atoms with Gasteiger partial charge < -0.3 is 20.0 Å². The Morgan fingerprint density at radius 2 is 2.16 bits per heavy atom. The summed E-state index contributed by atoms with van der Waals surface area (Å²) < 4.78 is 5.74.